The van der Waals surface area contributed by atoms with Crippen molar-refractivity contribution < 1.29 is 42.0 Å². The highest BCUT2D eigenvalue weighted by atomic mass is 31.2. The van der Waals surface area contributed by atoms with Crippen molar-refractivity contribution in [2.45, 2.75) is 116 Å². The van der Waals surface area contributed by atoms with E-state index in [1.165, 1.54) is 97.0 Å². The van der Waals surface area contributed by atoms with Gasteiger partial charge < -0.3 is 32.6 Å². The first kappa shape index (κ1) is 37.3. The Balaban J connectivity index is 3.80. The van der Waals surface area contributed by atoms with Gasteiger partial charge in [0.2, 0.25) is 0 Å². The highest BCUT2D eigenvalue weighted by Gasteiger charge is 2.20. The second-order valence-corrected chi connectivity index (χ2v) is 12.6. The minimum atomic E-state index is -4.51. The molecule has 0 bridgehead atoms. The van der Waals surface area contributed by atoms with Gasteiger partial charge in [-0.3, -0.25) is 4.57 Å². The average Bonchev–Trinajstić information content (AvgIpc) is 2.85. The second kappa shape index (κ2) is 24.1. The van der Waals surface area contributed by atoms with Crippen molar-refractivity contribution in [1.29, 1.82) is 0 Å². The van der Waals surface area contributed by atoms with E-state index >= 15 is 0 Å². The van der Waals surface area contributed by atoms with Crippen molar-refractivity contribution in [3.63, 3.8) is 0 Å². The molecule has 0 aliphatic heterocycles. The van der Waals surface area contributed by atoms with Crippen LogP contribution in [-0.4, -0.2) is 78.0 Å². The molecule has 0 fully saturated rings. The van der Waals surface area contributed by atoms with E-state index in [1.807, 2.05) is 21.1 Å². The molecule has 2 unspecified atom stereocenters. The van der Waals surface area contributed by atoms with Gasteiger partial charge in [0.25, 0.3) is 7.82 Å². The van der Waals surface area contributed by atoms with E-state index in [2.05, 4.69) is 11.7 Å². The molecule has 0 rings (SSSR count). The van der Waals surface area contributed by atoms with Crippen LogP contribution in [0.3, 0.4) is 0 Å². The SMILES string of the molecule is CCCCCCCCCCCCCCCCCCOCC(COP(=O)([O-])OCC[N+](C)(C)C)OC(=O)OC. The fourth-order valence-electron chi connectivity index (χ4n) is 3.91. The summed E-state index contributed by atoms with van der Waals surface area (Å²) in [6, 6.07) is 0. The van der Waals surface area contributed by atoms with Gasteiger partial charge in [0.05, 0.1) is 41.5 Å². The zero-order valence-corrected chi connectivity index (χ0v) is 26.0. The van der Waals surface area contributed by atoms with E-state index in [-0.39, 0.29) is 19.8 Å². The maximum Gasteiger partial charge on any atom is 0.508 e. The zero-order valence-electron chi connectivity index (χ0n) is 25.1. The summed E-state index contributed by atoms with van der Waals surface area (Å²) in [5, 5.41) is 0. The number of carbonyl (C=O) groups is 1. The van der Waals surface area contributed by atoms with Crippen LogP contribution in [0.15, 0.2) is 0 Å². The summed E-state index contributed by atoms with van der Waals surface area (Å²) < 4.78 is 37.5. The molecular weight excluding hydrogens is 509 g/mol. The highest BCUT2D eigenvalue weighted by Crippen LogP contribution is 2.38. The van der Waals surface area contributed by atoms with E-state index in [0.717, 1.165) is 12.8 Å². The summed E-state index contributed by atoms with van der Waals surface area (Å²) >= 11 is 0. The van der Waals surface area contributed by atoms with Gasteiger partial charge in [-0.05, 0) is 6.42 Å². The number of carbonyl (C=O) groups excluding carboxylic acids is 1. The maximum absolute atomic E-state index is 12.0. The van der Waals surface area contributed by atoms with Gasteiger partial charge in [0.15, 0.2) is 6.10 Å². The van der Waals surface area contributed by atoms with Crippen LogP contribution in [0.5, 0.6) is 0 Å². The fraction of sp³-hybridized carbons (Fsp3) is 0.964. The molecule has 0 aliphatic carbocycles. The zero-order chi connectivity index (χ0) is 28.5. The number of hydrogen-bond donors (Lipinski definition) is 0. The lowest BCUT2D eigenvalue weighted by Gasteiger charge is -2.28. The number of phosphoric acid groups is 1. The lowest BCUT2D eigenvalue weighted by molar-refractivity contribution is -0.870. The van der Waals surface area contributed by atoms with Crippen molar-refractivity contribution in [3.8, 4) is 0 Å². The normalized spacial score (nSPS) is 14.3. The molecule has 0 aromatic rings. The van der Waals surface area contributed by atoms with Crippen LogP contribution in [0.1, 0.15) is 110 Å². The van der Waals surface area contributed by atoms with Crippen LogP contribution >= 0.6 is 7.82 Å². The monoisotopic (exact) mass is 567 g/mol. The topological polar surface area (TPSA) is 103 Å². The molecule has 0 heterocycles. The number of methoxy groups -OCH3 is 1. The first-order valence-corrected chi connectivity index (χ1v) is 16.3. The molecule has 9 nitrogen and oxygen atoms in total. The maximum atomic E-state index is 12.0. The Morgan fingerprint density at radius 1 is 0.737 bits per heavy atom. The van der Waals surface area contributed by atoms with E-state index in [4.69, 9.17) is 18.5 Å². The third-order valence-electron chi connectivity index (χ3n) is 6.31. The summed E-state index contributed by atoms with van der Waals surface area (Å²) in [5.41, 5.74) is 0. The number of likely N-dealkylation sites (N-methyl/N-ethyl adjacent to an activating group) is 1. The minimum Gasteiger partial charge on any atom is -0.756 e. The Labute approximate surface area is 233 Å². The van der Waals surface area contributed by atoms with Crippen LogP contribution in [0.4, 0.5) is 4.79 Å². The molecule has 0 aromatic heterocycles. The minimum absolute atomic E-state index is 0.00254. The molecule has 38 heavy (non-hydrogen) atoms. The van der Waals surface area contributed by atoms with Gasteiger partial charge in [-0.15, -0.1) is 0 Å². The number of hydrogen-bond acceptors (Lipinski definition) is 8. The summed E-state index contributed by atoms with van der Waals surface area (Å²) in [7, 11) is 2.46. The molecule has 10 heteroatoms. The molecule has 0 amide bonds. The number of phosphoric ester groups is 1. The summed E-state index contributed by atoms with van der Waals surface area (Å²) in [6.45, 7) is 2.91. The van der Waals surface area contributed by atoms with Crippen LogP contribution < -0.4 is 4.89 Å². The Hall–Kier alpha value is -0.700. The summed E-state index contributed by atoms with van der Waals surface area (Å²) in [6.07, 6.45) is 19.0. The molecule has 0 saturated carbocycles. The van der Waals surface area contributed by atoms with Gasteiger partial charge in [-0.2, -0.15) is 0 Å². The van der Waals surface area contributed by atoms with Crippen molar-refractivity contribution in [3.05, 3.63) is 0 Å². The number of nitrogens with zero attached hydrogens (tertiary/aromatic N) is 1. The van der Waals surface area contributed by atoms with E-state index in [9.17, 15) is 14.3 Å². The molecule has 0 saturated heterocycles. The lowest BCUT2D eigenvalue weighted by atomic mass is 10.0. The Morgan fingerprint density at radius 2 is 1.21 bits per heavy atom. The van der Waals surface area contributed by atoms with Crippen LogP contribution in [0, 0.1) is 0 Å². The van der Waals surface area contributed by atoms with Gasteiger partial charge in [-0.1, -0.05) is 103 Å². The van der Waals surface area contributed by atoms with Crippen molar-refractivity contribution in [2.75, 3.05) is 61.2 Å². The number of unbranched alkanes of at least 4 members (excludes halogenated alkanes) is 15. The standard InChI is InChI=1S/C28H58NO8P/c1-6-7-8-9-10-11-12-13-14-15-16-17-18-19-20-21-23-34-25-27(37-28(30)33-5)26-36-38(31,32)35-24-22-29(2,3)4/h27H,6-26H2,1-5H3. The quantitative estimate of drug-likeness (QED) is 0.0472. The molecule has 2 atom stereocenters. The van der Waals surface area contributed by atoms with Gasteiger partial charge in [0, 0.05) is 6.61 Å². The van der Waals surface area contributed by atoms with E-state index in [1.54, 1.807) is 0 Å². The van der Waals surface area contributed by atoms with Crippen LogP contribution in [0.2, 0.25) is 0 Å². The predicted molar refractivity (Wildman–Crippen MR) is 150 cm³/mol. The predicted octanol–water partition coefficient (Wildman–Crippen LogP) is 6.62. The summed E-state index contributed by atoms with van der Waals surface area (Å²) in [4.78, 5) is 23.5. The van der Waals surface area contributed by atoms with Crippen molar-refractivity contribution >= 4 is 14.0 Å². The number of rotatable bonds is 27. The number of ether oxygens (including phenoxy) is 3. The van der Waals surface area contributed by atoms with E-state index < -0.39 is 20.1 Å². The Kier molecular flexibility index (Phi) is 23.7. The van der Waals surface area contributed by atoms with Crippen molar-refractivity contribution in [1.82, 2.24) is 0 Å². The van der Waals surface area contributed by atoms with Gasteiger partial charge in [0.1, 0.15) is 13.2 Å². The fourth-order valence-corrected chi connectivity index (χ4v) is 4.63. The highest BCUT2D eigenvalue weighted by molar-refractivity contribution is 7.45. The van der Waals surface area contributed by atoms with E-state index in [0.29, 0.717) is 17.6 Å². The second-order valence-electron chi connectivity index (χ2n) is 11.2. The molecular formula is C28H58NO8P. The largest absolute Gasteiger partial charge is 0.756 e. The molecule has 0 radical (unpaired) electrons. The number of quaternary nitrogens is 1. The van der Waals surface area contributed by atoms with Gasteiger partial charge >= 0.3 is 6.16 Å². The third-order valence-corrected chi connectivity index (χ3v) is 7.27. The van der Waals surface area contributed by atoms with Crippen LogP contribution in [-0.2, 0) is 27.8 Å². The van der Waals surface area contributed by atoms with Gasteiger partial charge in [-0.25, -0.2) is 4.79 Å². The Bertz CT molecular complexity index is 600. The lowest BCUT2D eigenvalue weighted by Crippen LogP contribution is -2.37. The Morgan fingerprint density at radius 3 is 1.66 bits per heavy atom. The molecule has 228 valence electrons. The first-order chi connectivity index (χ1) is 18.1. The third kappa shape index (κ3) is 26.9. The van der Waals surface area contributed by atoms with Crippen molar-refractivity contribution in [2.24, 2.45) is 0 Å². The molecule has 0 spiro atoms. The smallest absolute Gasteiger partial charge is 0.508 e. The average molecular weight is 568 g/mol. The molecule has 0 aliphatic rings. The first-order valence-electron chi connectivity index (χ1n) is 14.8. The molecule has 0 N–H and O–H groups in total. The van der Waals surface area contributed by atoms with Crippen LogP contribution in [0.25, 0.3) is 0 Å². The summed E-state index contributed by atoms with van der Waals surface area (Å²) in [5.74, 6) is 0. The molecule has 0 aromatic carbocycles.